The summed E-state index contributed by atoms with van der Waals surface area (Å²) in [6.45, 7) is 1.34. The number of hydrogen-bond donors (Lipinski definition) is 4. The zero-order valence-corrected chi connectivity index (χ0v) is 19.4. The van der Waals surface area contributed by atoms with E-state index >= 15 is 0 Å². The van der Waals surface area contributed by atoms with E-state index in [1.54, 1.807) is 36.7 Å². The smallest absolute Gasteiger partial charge is 0.411 e. The van der Waals surface area contributed by atoms with Gasteiger partial charge >= 0.3 is 12.3 Å². The minimum atomic E-state index is -4.39. The van der Waals surface area contributed by atoms with Gasteiger partial charge in [-0.2, -0.15) is 13.2 Å². The highest BCUT2D eigenvalue weighted by Crippen LogP contribution is 2.36. The number of fused-ring (bicyclic) bond motifs is 3. The van der Waals surface area contributed by atoms with Crippen molar-refractivity contribution in [3.63, 3.8) is 0 Å². The Morgan fingerprint density at radius 2 is 1.89 bits per heavy atom. The summed E-state index contributed by atoms with van der Waals surface area (Å²) < 4.78 is 50.4. The van der Waals surface area contributed by atoms with Crippen LogP contribution in [0.4, 0.5) is 29.3 Å². The molecule has 2 atom stereocenters. The number of amides is 1. The van der Waals surface area contributed by atoms with Gasteiger partial charge in [0.2, 0.25) is 0 Å². The lowest BCUT2D eigenvalue weighted by molar-refractivity contribution is -0.161. The monoisotopic (exact) mass is 511 g/mol. The largest absolute Gasteiger partial charge is 0.447 e. The first-order valence-corrected chi connectivity index (χ1v) is 11.6. The van der Waals surface area contributed by atoms with Gasteiger partial charge in [0.25, 0.3) is 0 Å². The first-order valence-electron chi connectivity index (χ1n) is 11.6. The molecule has 4 heterocycles. The Morgan fingerprint density at radius 3 is 2.56 bits per heavy atom. The molecule has 2 saturated heterocycles. The van der Waals surface area contributed by atoms with E-state index in [0.717, 1.165) is 10.7 Å². The van der Waals surface area contributed by atoms with Crippen molar-refractivity contribution in [3.05, 3.63) is 48.1 Å². The minimum Gasteiger partial charge on any atom is -0.447 e. The van der Waals surface area contributed by atoms with Crippen molar-refractivity contribution in [2.24, 2.45) is 0 Å². The maximum atomic E-state index is 13.3. The summed E-state index contributed by atoms with van der Waals surface area (Å²) in [5.74, 6) is 0. The average molecular weight is 512 g/mol. The number of hydrazine groups is 2. The second-order valence-corrected chi connectivity index (χ2v) is 8.80. The topological polar surface area (TPSA) is 105 Å². The van der Waals surface area contributed by atoms with Crippen LogP contribution in [-0.2, 0) is 9.47 Å². The zero-order chi connectivity index (χ0) is 25.3. The van der Waals surface area contributed by atoms with Crippen molar-refractivity contribution in [2.75, 3.05) is 62.9 Å². The molecule has 11 nitrogen and oxygen atoms in total. The fourth-order valence-corrected chi connectivity index (χ4v) is 4.77. The number of nitrogens with zero attached hydrogens (tertiary/aromatic N) is 4. The number of aliphatic hydroxyl groups is 1. The quantitative estimate of drug-likeness (QED) is 0.442. The van der Waals surface area contributed by atoms with Crippen LogP contribution in [0.15, 0.2) is 48.1 Å². The van der Waals surface area contributed by atoms with Gasteiger partial charge in [0.1, 0.15) is 25.5 Å². The summed E-state index contributed by atoms with van der Waals surface area (Å²) in [7, 11) is 0. The van der Waals surface area contributed by atoms with Crippen LogP contribution in [-0.4, -0.2) is 97.2 Å². The van der Waals surface area contributed by atoms with Gasteiger partial charge in [0, 0.05) is 36.9 Å². The van der Waals surface area contributed by atoms with Crippen LogP contribution in [0.25, 0.3) is 0 Å². The van der Waals surface area contributed by atoms with E-state index in [0.29, 0.717) is 50.1 Å². The molecule has 2 fully saturated rings. The molecule has 5 rings (SSSR count). The van der Waals surface area contributed by atoms with E-state index < -0.39 is 18.8 Å². The lowest BCUT2D eigenvalue weighted by Gasteiger charge is -2.53. The molecule has 0 saturated carbocycles. The summed E-state index contributed by atoms with van der Waals surface area (Å²) in [4.78, 5) is 13.6. The Kier molecular flexibility index (Phi) is 6.83. The molecule has 0 aromatic heterocycles. The van der Waals surface area contributed by atoms with Crippen LogP contribution in [0.5, 0.6) is 0 Å². The van der Waals surface area contributed by atoms with Crippen molar-refractivity contribution in [3.8, 4) is 0 Å². The number of carbonyl (C=O) groups is 1. The Morgan fingerprint density at radius 1 is 1.17 bits per heavy atom. The van der Waals surface area contributed by atoms with Crippen molar-refractivity contribution >= 4 is 17.5 Å². The number of alkyl halides is 3. The number of nitrogens with one attached hydrogen (secondary N) is 3. The molecular weight excluding hydrogens is 483 g/mol. The molecule has 14 heteroatoms. The number of rotatable bonds is 6. The van der Waals surface area contributed by atoms with Gasteiger partial charge in [-0.3, -0.25) is 15.3 Å². The maximum absolute atomic E-state index is 13.3. The minimum absolute atomic E-state index is 0.0489. The van der Waals surface area contributed by atoms with Gasteiger partial charge in [-0.1, -0.05) is 0 Å². The third kappa shape index (κ3) is 5.16. The SMILES string of the molecule is O=C(Nc1ccc(N2C=C3C(=CNN3CC(F)(F)F)N(N3C4CNCC3COC4)C2)cc1)OCCO. The molecule has 4 aliphatic heterocycles. The van der Waals surface area contributed by atoms with Crippen molar-refractivity contribution in [1.29, 1.82) is 0 Å². The summed E-state index contributed by atoms with van der Waals surface area (Å²) in [5.41, 5.74) is 5.06. The van der Waals surface area contributed by atoms with E-state index in [2.05, 4.69) is 21.1 Å². The molecule has 0 aliphatic carbocycles. The van der Waals surface area contributed by atoms with Gasteiger partial charge in [-0.25, -0.2) is 9.80 Å². The summed E-state index contributed by atoms with van der Waals surface area (Å²) in [6, 6.07) is 6.99. The Bertz CT molecular complexity index is 998. The predicted molar refractivity (Wildman–Crippen MR) is 123 cm³/mol. The highest BCUT2D eigenvalue weighted by atomic mass is 19.4. The average Bonchev–Trinajstić information content (AvgIpc) is 3.23. The van der Waals surface area contributed by atoms with Crippen molar-refractivity contribution < 1.29 is 32.5 Å². The zero-order valence-electron chi connectivity index (χ0n) is 19.4. The number of hydrogen-bond acceptors (Lipinski definition) is 10. The number of anilines is 2. The molecule has 1 aromatic rings. The lowest BCUT2D eigenvalue weighted by Crippen LogP contribution is -2.69. The Balaban J connectivity index is 1.41. The standard InChI is InChI=1S/C22H28F3N7O4/c23-22(24,25)13-30-20-10-29(16-3-1-15(2-4-16)28-21(34)36-6-5-33)14-31(19(20)9-27-30)32-17-7-26-8-18(32)12-35-11-17/h1-4,9-10,17-18,26-27,33H,5-8,11-14H2,(H,28,34). The van der Waals surface area contributed by atoms with Gasteiger partial charge in [-0.05, 0) is 24.3 Å². The number of halogens is 3. The van der Waals surface area contributed by atoms with Gasteiger partial charge in [0.15, 0.2) is 0 Å². The molecule has 4 N–H and O–H groups in total. The second-order valence-electron chi connectivity index (χ2n) is 8.80. The van der Waals surface area contributed by atoms with Crippen LogP contribution in [0, 0.1) is 0 Å². The fourth-order valence-electron chi connectivity index (χ4n) is 4.77. The Labute approximate surface area is 205 Å². The van der Waals surface area contributed by atoms with Gasteiger partial charge in [-0.15, -0.1) is 0 Å². The number of benzene rings is 1. The number of aliphatic hydroxyl groups excluding tert-OH is 1. The summed E-state index contributed by atoms with van der Waals surface area (Å²) >= 11 is 0. The molecule has 2 unspecified atom stereocenters. The number of ether oxygens (including phenoxy) is 2. The third-order valence-electron chi connectivity index (χ3n) is 6.27. The van der Waals surface area contributed by atoms with E-state index in [-0.39, 0.29) is 25.3 Å². The van der Waals surface area contributed by atoms with E-state index in [4.69, 9.17) is 14.6 Å². The number of morpholine rings is 1. The number of piperazine rings is 1. The highest BCUT2D eigenvalue weighted by Gasteiger charge is 2.44. The molecule has 0 radical (unpaired) electrons. The molecule has 4 aliphatic rings. The molecule has 0 spiro atoms. The van der Waals surface area contributed by atoms with E-state index in [1.807, 2.05) is 9.91 Å². The molecule has 36 heavy (non-hydrogen) atoms. The fraction of sp³-hybridized carbons (Fsp3) is 0.500. The number of carbonyl (C=O) groups excluding carboxylic acids is 1. The van der Waals surface area contributed by atoms with Crippen molar-refractivity contribution in [1.82, 2.24) is 25.8 Å². The van der Waals surface area contributed by atoms with Crippen LogP contribution < -0.4 is 21.0 Å². The first kappa shape index (κ1) is 24.5. The van der Waals surface area contributed by atoms with E-state index in [1.165, 1.54) is 0 Å². The molecular formula is C22H28F3N7O4. The van der Waals surface area contributed by atoms with Crippen LogP contribution in [0.1, 0.15) is 0 Å². The van der Waals surface area contributed by atoms with Crippen LogP contribution >= 0.6 is 0 Å². The normalized spacial score (nSPS) is 24.1. The highest BCUT2D eigenvalue weighted by molar-refractivity contribution is 5.84. The molecule has 196 valence electrons. The van der Waals surface area contributed by atoms with Gasteiger partial charge < -0.3 is 30.2 Å². The van der Waals surface area contributed by atoms with E-state index in [9.17, 15) is 18.0 Å². The van der Waals surface area contributed by atoms with Crippen LogP contribution in [0.3, 0.4) is 0 Å². The Hall–Kier alpha value is -3.20. The van der Waals surface area contributed by atoms with Crippen LogP contribution in [0.2, 0.25) is 0 Å². The first-order chi connectivity index (χ1) is 17.3. The third-order valence-corrected chi connectivity index (χ3v) is 6.27. The summed E-state index contributed by atoms with van der Waals surface area (Å²) in [5, 5.41) is 20.1. The predicted octanol–water partition coefficient (Wildman–Crippen LogP) is 0.960. The second kappa shape index (κ2) is 10.0. The molecule has 1 aromatic carbocycles. The van der Waals surface area contributed by atoms with Crippen molar-refractivity contribution in [2.45, 2.75) is 18.3 Å². The van der Waals surface area contributed by atoms with Gasteiger partial charge in [0.05, 0.1) is 37.6 Å². The molecule has 2 bridgehead atoms. The lowest BCUT2D eigenvalue weighted by atomic mass is 10.1. The summed E-state index contributed by atoms with van der Waals surface area (Å²) in [6.07, 6.45) is -1.77. The molecule has 1 amide bonds. The maximum Gasteiger partial charge on any atom is 0.411 e.